The summed E-state index contributed by atoms with van der Waals surface area (Å²) < 4.78 is 1.82. The summed E-state index contributed by atoms with van der Waals surface area (Å²) in [5.74, 6) is -0.264. The molecule has 4 nitrogen and oxygen atoms in total. The van der Waals surface area contributed by atoms with Crippen LogP contribution in [0.2, 0.25) is 10.0 Å². The van der Waals surface area contributed by atoms with Gasteiger partial charge < -0.3 is 9.72 Å². The highest BCUT2D eigenvalue weighted by molar-refractivity contribution is 6.42. The van der Waals surface area contributed by atoms with Gasteiger partial charge in [0.05, 0.1) is 15.7 Å². The van der Waals surface area contributed by atoms with E-state index in [1.807, 2.05) is 22.9 Å². The second kappa shape index (κ2) is 5.15. The van der Waals surface area contributed by atoms with Crippen LogP contribution < -0.4 is 5.32 Å². The summed E-state index contributed by atoms with van der Waals surface area (Å²) in [5, 5.41) is 3.57. The standard InChI is InChI=1S/C14H9Cl2N3O/c15-10-4-3-9(8-11(10)16)14(20)18-12-2-1-6-19-7-5-17-13(12)19/h1-8H,(H,18,20). The van der Waals surface area contributed by atoms with E-state index >= 15 is 0 Å². The van der Waals surface area contributed by atoms with Gasteiger partial charge in [-0.25, -0.2) is 4.98 Å². The van der Waals surface area contributed by atoms with E-state index in [4.69, 9.17) is 23.2 Å². The van der Waals surface area contributed by atoms with E-state index < -0.39 is 0 Å². The number of hydrogen-bond donors (Lipinski definition) is 1. The second-order valence-electron chi connectivity index (χ2n) is 4.16. The summed E-state index contributed by atoms with van der Waals surface area (Å²) in [6, 6.07) is 8.37. The fourth-order valence-corrected chi connectivity index (χ4v) is 2.18. The number of anilines is 1. The highest BCUT2D eigenvalue weighted by Gasteiger charge is 2.10. The van der Waals surface area contributed by atoms with Gasteiger partial charge in [0.15, 0.2) is 5.65 Å². The van der Waals surface area contributed by atoms with Crippen LogP contribution >= 0.6 is 23.2 Å². The van der Waals surface area contributed by atoms with Crippen molar-refractivity contribution in [3.8, 4) is 0 Å². The quantitative estimate of drug-likeness (QED) is 0.780. The second-order valence-corrected chi connectivity index (χ2v) is 4.98. The maximum atomic E-state index is 12.2. The van der Waals surface area contributed by atoms with Crippen molar-refractivity contribution < 1.29 is 4.79 Å². The van der Waals surface area contributed by atoms with E-state index in [0.29, 0.717) is 26.9 Å². The molecule has 0 atom stereocenters. The number of aromatic nitrogens is 2. The van der Waals surface area contributed by atoms with Crippen molar-refractivity contribution in [2.24, 2.45) is 0 Å². The molecule has 0 radical (unpaired) electrons. The largest absolute Gasteiger partial charge is 0.319 e. The van der Waals surface area contributed by atoms with Crippen LogP contribution in [0.5, 0.6) is 0 Å². The zero-order valence-corrected chi connectivity index (χ0v) is 11.7. The van der Waals surface area contributed by atoms with E-state index in [9.17, 15) is 4.79 Å². The van der Waals surface area contributed by atoms with Crippen LogP contribution in [0.1, 0.15) is 10.4 Å². The number of nitrogens with zero attached hydrogens (tertiary/aromatic N) is 2. The average Bonchev–Trinajstić information content (AvgIpc) is 2.91. The third-order valence-electron chi connectivity index (χ3n) is 2.85. The number of halogens is 2. The predicted octanol–water partition coefficient (Wildman–Crippen LogP) is 3.89. The van der Waals surface area contributed by atoms with E-state index in [2.05, 4.69) is 10.3 Å². The Morgan fingerprint density at radius 3 is 2.80 bits per heavy atom. The zero-order valence-electron chi connectivity index (χ0n) is 10.2. The number of benzene rings is 1. The van der Waals surface area contributed by atoms with Crippen LogP contribution in [0.3, 0.4) is 0 Å². The Labute approximate surface area is 125 Å². The number of imidazole rings is 1. The van der Waals surface area contributed by atoms with Gasteiger partial charge in [-0.2, -0.15) is 0 Å². The lowest BCUT2D eigenvalue weighted by Gasteiger charge is -2.07. The lowest BCUT2D eigenvalue weighted by molar-refractivity contribution is 0.102. The van der Waals surface area contributed by atoms with Gasteiger partial charge in [0.1, 0.15) is 0 Å². The Morgan fingerprint density at radius 1 is 1.15 bits per heavy atom. The lowest BCUT2D eigenvalue weighted by atomic mass is 10.2. The predicted molar refractivity (Wildman–Crippen MR) is 79.6 cm³/mol. The molecule has 20 heavy (non-hydrogen) atoms. The number of carbonyl (C=O) groups excluding carboxylic acids is 1. The fraction of sp³-hybridized carbons (Fsp3) is 0. The molecule has 0 saturated heterocycles. The molecule has 1 aromatic carbocycles. The van der Waals surface area contributed by atoms with E-state index in [1.54, 1.807) is 24.4 Å². The first kappa shape index (κ1) is 13.0. The molecule has 0 saturated carbocycles. The van der Waals surface area contributed by atoms with Gasteiger partial charge >= 0.3 is 0 Å². The van der Waals surface area contributed by atoms with Crippen molar-refractivity contribution in [3.05, 3.63) is 64.5 Å². The first-order valence-electron chi connectivity index (χ1n) is 5.83. The Morgan fingerprint density at radius 2 is 2.00 bits per heavy atom. The van der Waals surface area contributed by atoms with Crippen LogP contribution in [-0.2, 0) is 0 Å². The van der Waals surface area contributed by atoms with Crippen molar-refractivity contribution in [2.45, 2.75) is 0 Å². The summed E-state index contributed by atoms with van der Waals surface area (Å²) in [6.45, 7) is 0. The zero-order chi connectivity index (χ0) is 14.1. The van der Waals surface area contributed by atoms with Crippen molar-refractivity contribution in [2.75, 3.05) is 5.32 Å². The molecule has 0 aliphatic rings. The molecule has 100 valence electrons. The van der Waals surface area contributed by atoms with Crippen LogP contribution in [0.4, 0.5) is 5.69 Å². The van der Waals surface area contributed by atoms with Gasteiger partial charge in [-0.15, -0.1) is 0 Å². The van der Waals surface area contributed by atoms with Crippen LogP contribution in [0.15, 0.2) is 48.9 Å². The molecule has 2 heterocycles. The monoisotopic (exact) mass is 305 g/mol. The summed E-state index contributed by atoms with van der Waals surface area (Å²) in [6.07, 6.45) is 5.34. The maximum absolute atomic E-state index is 12.2. The Bertz CT molecular complexity index is 798. The summed E-state index contributed by atoms with van der Waals surface area (Å²) in [4.78, 5) is 16.4. The molecule has 0 bridgehead atoms. The minimum atomic E-state index is -0.264. The summed E-state index contributed by atoms with van der Waals surface area (Å²) in [7, 11) is 0. The number of hydrogen-bond acceptors (Lipinski definition) is 2. The average molecular weight is 306 g/mol. The van der Waals surface area contributed by atoms with Crippen molar-refractivity contribution in [1.82, 2.24) is 9.38 Å². The molecule has 6 heteroatoms. The minimum absolute atomic E-state index is 0.264. The van der Waals surface area contributed by atoms with Gasteiger partial charge in [0, 0.05) is 24.2 Å². The van der Waals surface area contributed by atoms with E-state index in [1.165, 1.54) is 6.07 Å². The molecule has 0 aliphatic heterocycles. The Kier molecular flexibility index (Phi) is 3.34. The van der Waals surface area contributed by atoms with Crippen LogP contribution in [0, 0.1) is 0 Å². The normalized spacial score (nSPS) is 10.7. The van der Waals surface area contributed by atoms with Gasteiger partial charge in [-0.05, 0) is 30.3 Å². The molecule has 3 rings (SSSR count). The van der Waals surface area contributed by atoms with Gasteiger partial charge in [0.2, 0.25) is 0 Å². The first-order chi connectivity index (χ1) is 9.65. The SMILES string of the molecule is O=C(Nc1cccn2ccnc12)c1ccc(Cl)c(Cl)c1. The van der Waals surface area contributed by atoms with Crippen molar-refractivity contribution in [3.63, 3.8) is 0 Å². The van der Waals surface area contributed by atoms with Gasteiger partial charge in [-0.1, -0.05) is 23.2 Å². The summed E-state index contributed by atoms with van der Waals surface area (Å²) >= 11 is 11.7. The first-order valence-corrected chi connectivity index (χ1v) is 6.59. The van der Waals surface area contributed by atoms with Crippen LogP contribution in [0.25, 0.3) is 5.65 Å². The number of rotatable bonds is 2. The number of carbonyl (C=O) groups is 1. The van der Waals surface area contributed by atoms with Crippen LogP contribution in [-0.4, -0.2) is 15.3 Å². The van der Waals surface area contributed by atoms with E-state index in [-0.39, 0.29) is 5.91 Å². The van der Waals surface area contributed by atoms with Crippen molar-refractivity contribution in [1.29, 1.82) is 0 Å². The fourth-order valence-electron chi connectivity index (χ4n) is 1.88. The molecule has 2 aromatic heterocycles. The van der Waals surface area contributed by atoms with Crippen molar-refractivity contribution >= 4 is 40.4 Å². The molecule has 0 unspecified atom stereocenters. The Hall–Kier alpha value is -2.04. The molecule has 1 N–H and O–H groups in total. The third-order valence-corrected chi connectivity index (χ3v) is 3.59. The molecule has 0 fully saturated rings. The molecule has 1 amide bonds. The number of fused-ring (bicyclic) bond motifs is 1. The van der Waals surface area contributed by atoms with Gasteiger partial charge in [-0.3, -0.25) is 4.79 Å². The molecule has 0 spiro atoms. The van der Waals surface area contributed by atoms with E-state index in [0.717, 1.165) is 0 Å². The third kappa shape index (κ3) is 2.35. The highest BCUT2D eigenvalue weighted by atomic mass is 35.5. The Balaban J connectivity index is 1.92. The van der Waals surface area contributed by atoms with Gasteiger partial charge in [0.25, 0.3) is 5.91 Å². The summed E-state index contributed by atoms with van der Waals surface area (Å²) in [5.41, 5.74) is 1.75. The maximum Gasteiger partial charge on any atom is 0.255 e. The molecule has 3 aromatic rings. The number of pyridine rings is 1. The highest BCUT2D eigenvalue weighted by Crippen LogP contribution is 2.23. The lowest BCUT2D eigenvalue weighted by Crippen LogP contribution is -2.12. The molecular weight excluding hydrogens is 297 g/mol. The molecular formula is C14H9Cl2N3O. The number of amides is 1. The molecule has 0 aliphatic carbocycles. The smallest absolute Gasteiger partial charge is 0.255 e. The number of nitrogens with one attached hydrogen (secondary N) is 1. The minimum Gasteiger partial charge on any atom is -0.319 e. The topological polar surface area (TPSA) is 46.4 Å².